The highest BCUT2D eigenvalue weighted by Crippen LogP contribution is 2.34. The van der Waals surface area contributed by atoms with Crippen molar-refractivity contribution >= 4 is 0 Å². The van der Waals surface area contributed by atoms with Gasteiger partial charge in [-0.1, -0.05) is 66.7 Å². The largest absolute Gasteiger partial charge is 0.313 e. The fraction of sp³-hybridized carbons (Fsp3) is 0.684. The molecule has 0 saturated carbocycles. The van der Waals surface area contributed by atoms with Crippen LogP contribution in [-0.4, -0.2) is 7.05 Å². The summed E-state index contributed by atoms with van der Waals surface area (Å²) in [6.45, 7) is 16.1. The third-order valence-electron chi connectivity index (χ3n) is 3.94. The lowest BCUT2D eigenvalue weighted by Gasteiger charge is -2.29. The van der Waals surface area contributed by atoms with Gasteiger partial charge in [0.2, 0.25) is 0 Å². The van der Waals surface area contributed by atoms with E-state index in [9.17, 15) is 0 Å². The summed E-state index contributed by atoms with van der Waals surface area (Å²) < 4.78 is 0. The van der Waals surface area contributed by atoms with Crippen LogP contribution in [-0.2, 0) is 0 Å². The van der Waals surface area contributed by atoms with Crippen LogP contribution in [0.15, 0.2) is 18.2 Å². The number of benzene rings is 1. The van der Waals surface area contributed by atoms with Crippen LogP contribution in [0.1, 0.15) is 89.5 Å². The molecule has 1 N–H and O–H groups in total. The molecule has 0 aromatic heterocycles. The Balaban J connectivity index is 3.21. The molecule has 1 aromatic carbocycles. The molecule has 1 atom stereocenters. The van der Waals surface area contributed by atoms with Crippen LogP contribution in [0, 0.1) is 5.41 Å². The van der Waals surface area contributed by atoms with Gasteiger partial charge in [0.05, 0.1) is 0 Å². The molecule has 0 aliphatic rings. The Bertz CT molecular complexity index is 424. The summed E-state index contributed by atoms with van der Waals surface area (Å²) in [5, 5.41) is 3.52. The maximum atomic E-state index is 3.52. The van der Waals surface area contributed by atoms with Crippen molar-refractivity contribution < 1.29 is 0 Å². The lowest BCUT2D eigenvalue weighted by molar-refractivity contribution is 0.319. The predicted octanol–water partition coefficient (Wildman–Crippen LogP) is 5.63. The van der Waals surface area contributed by atoms with Gasteiger partial charge in [0, 0.05) is 6.04 Å². The second-order valence-electron chi connectivity index (χ2n) is 7.80. The predicted molar refractivity (Wildman–Crippen MR) is 90.5 cm³/mol. The van der Waals surface area contributed by atoms with E-state index in [1.807, 2.05) is 0 Å². The zero-order valence-electron chi connectivity index (χ0n) is 14.7. The molecule has 0 spiro atoms. The highest BCUT2D eigenvalue weighted by atomic mass is 14.9. The van der Waals surface area contributed by atoms with Gasteiger partial charge in [-0.2, -0.15) is 0 Å². The monoisotopic (exact) mass is 275 g/mol. The molecular formula is C19H33N. The fourth-order valence-corrected chi connectivity index (χ4v) is 2.75. The Hall–Kier alpha value is -0.820. The Kier molecular flexibility index (Phi) is 5.82. The first-order chi connectivity index (χ1) is 9.15. The van der Waals surface area contributed by atoms with Crippen molar-refractivity contribution in [3.8, 4) is 0 Å². The van der Waals surface area contributed by atoms with Crippen LogP contribution >= 0.6 is 0 Å². The SMILES string of the molecule is CNC(CC(C)(C)C)c1ccc(C(C)C)cc1C(C)C. The second-order valence-corrected chi connectivity index (χ2v) is 7.80. The standard InChI is InChI=1S/C19H33N/c1-13(2)15-9-10-16(17(11-15)14(3)4)18(20-8)12-19(5,6)7/h9-11,13-14,18,20H,12H2,1-8H3. The number of rotatable bonds is 5. The molecule has 20 heavy (non-hydrogen) atoms. The molecule has 1 nitrogen and oxygen atoms in total. The van der Waals surface area contributed by atoms with Crippen molar-refractivity contribution in [1.29, 1.82) is 0 Å². The van der Waals surface area contributed by atoms with Gasteiger partial charge in [-0.15, -0.1) is 0 Å². The summed E-state index contributed by atoms with van der Waals surface area (Å²) in [5.74, 6) is 1.16. The van der Waals surface area contributed by atoms with Gasteiger partial charge < -0.3 is 5.32 Å². The Morgan fingerprint density at radius 1 is 0.950 bits per heavy atom. The van der Waals surface area contributed by atoms with Crippen molar-refractivity contribution in [2.45, 2.75) is 72.8 Å². The topological polar surface area (TPSA) is 12.0 Å². The van der Waals surface area contributed by atoms with E-state index in [4.69, 9.17) is 0 Å². The summed E-state index contributed by atoms with van der Waals surface area (Å²) >= 11 is 0. The van der Waals surface area contributed by atoms with E-state index < -0.39 is 0 Å². The molecule has 0 bridgehead atoms. The Labute approximate surface area is 126 Å². The Morgan fingerprint density at radius 2 is 1.55 bits per heavy atom. The van der Waals surface area contributed by atoms with Crippen molar-refractivity contribution in [1.82, 2.24) is 5.32 Å². The molecule has 1 heteroatoms. The summed E-state index contributed by atoms with van der Waals surface area (Å²) in [5.41, 5.74) is 4.75. The molecule has 1 rings (SSSR count). The minimum atomic E-state index is 0.332. The highest BCUT2D eigenvalue weighted by molar-refractivity contribution is 5.37. The molecule has 0 aliphatic carbocycles. The lowest BCUT2D eigenvalue weighted by atomic mass is 9.81. The summed E-state index contributed by atoms with van der Waals surface area (Å²) in [6.07, 6.45) is 1.16. The normalized spacial score (nSPS) is 14.1. The average Bonchev–Trinajstić information content (AvgIpc) is 2.34. The van der Waals surface area contributed by atoms with Crippen molar-refractivity contribution in [2.75, 3.05) is 7.05 Å². The molecule has 0 radical (unpaired) electrons. The summed E-state index contributed by atoms with van der Waals surface area (Å²) in [4.78, 5) is 0. The van der Waals surface area contributed by atoms with Gasteiger partial charge in [-0.05, 0) is 47.4 Å². The van der Waals surface area contributed by atoms with Gasteiger partial charge in [-0.3, -0.25) is 0 Å². The van der Waals surface area contributed by atoms with E-state index in [1.54, 1.807) is 0 Å². The van der Waals surface area contributed by atoms with Crippen LogP contribution in [0.3, 0.4) is 0 Å². The molecule has 0 aliphatic heterocycles. The highest BCUT2D eigenvalue weighted by Gasteiger charge is 2.22. The zero-order chi connectivity index (χ0) is 15.5. The minimum absolute atomic E-state index is 0.332. The summed E-state index contributed by atoms with van der Waals surface area (Å²) in [6, 6.07) is 7.50. The third kappa shape index (κ3) is 4.63. The number of hydrogen-bond acceptors (Lipinski definition) is 1. The average molecular weight is 275 g/mol. The second kappa shape index (κ2) is 6.76. The van der Waals surface area contributed by atoms with Gasteiger partial charge in [0.25, 0.3) is 0 Å². The van der Waals surface area contributed by atoms with Gasteiger partial charge in [0.15, 0.2) is 0 Å². The van der Waals surface area contributed by atoms with E-state index in [0.717, 1.165) is 6.42 Å². The molecular weight excluding hydrogens is 242 g/mol. The van der Waals surface area contributed by atoms with Crippen LogP contribution in [0.25, 0.3) is 0 Å². The van der Waals surface area contributed by atoms with Gasteiger partial charge in [0.1, 0.15) is 0 Å². The molecule has 114 valence electrons. The van der Waals surface area contributed by atoms with Crippen LogP contribution < -0.4 is 5.32 Å². The molecule has 0 heterocycles. The molecule has 1 aromatic rings. The van der Waals surface area contributed by atoms with E-state index in [1.165, 1.54) is 16.7 Å². The maximum absolute atomic E-state index is 3.52. The maximum Gasteiger partial charge on any atom is 0.0325 e. The van der Waals surface area contributed by atoms with E-state index in [2.05, 4.69) is 79.0 Å². The quantitative estimate of drug-likeness (QED) is 0.734. The van der Waals surface area contributed by atoms with Crippen LogP contribution in [0.2, 0.25) is 0 Å². The fourth-order valence-electron chi connectivity index (χ4n) is 2.75. The minimum Gasteiger partial charge on any atom is -0.313 e. The Morgan fingerprint density at radius 3 is 1.95 bits per heavy atom. The first kappa shape index (κ1) is 17.2. The smallest absolute Gasteiger partial charge is 0.0325 e. The molecule has 0 saturated heterocycles. The lowest BCUT2D eigenvalue weighted by Crippen LogP contribution is -2.24. The first-order valence-corrected chi connectivity index (χ1v) is 7.96. The van der Waals surface area contributed by atoms with E-state index >= 15 is 0 Å². The number of hydrogen-bond donors (Lipinski definition) is 1. The van der Waals surface area contributed by atoms with E-state index in [-0.39, 0.29) is 0 Å². The van der Waals surface area contributed by atoms with E-state index in [0.29, 0.717) is 23.3 Å². The van der Waals surface area contributed by atoms with Gasteiger partial charge >= 0.3 is 0 Å². The van der Waals surface area contributed by atoms with Gasteiger partial charge in [-0.25, -0.2) is 0 Å². The van der Waals surface area contributed by atoms with Crippen molar-refractivity contribution in [3.63, 3.8) is 0 Å². The molecule has 0 fully saturated rings. The van der Waals surface area contributed by atoms with Crippen molar-refractivity contribution in [2.24, 2.45) is 5.41 Å². The molecule has 1 unspecified atom stereocenters. The zero-order valence-corrected chi connectivity index (χ0v) is 14.7. The number of nitrogens with one attached hydrogen (secondary N) is 1. The van der Waals surface area contributed by atoms with Crippen molar-refractivity contribution in [3.05, 3.63) is 34.9 Å². The third-order valence-corrected chi connectivity index (χ3v) is 3.94. The summed E-state index contributed by atoms with van der Waals surface area (Å²) in [7, 11) is 2.08. The van der Waals surface area contributed by atoms with Crippen LogP contribution in [0.4, 0.5) is 0 Å². The molecule has 0 amide bonds. The van der Waals surface area contributed by atoms with Crippen LogP contribution in [0.5, 0.6) is 0 Å². The first-order valence-electron chi connectivity index (χ1n) is 7.96.